The summed E-state index contributed by atoms with van der Waals surface area (Å²) in [6, 6.07) is 0. The number of nitrogens with zero attached hydrogens (tertiary/aromatic N) is 1. The Balaban J connectivity index is 1.52. The van der Waals surface area contributed by atoms with Crippen LogP contribution in [0.5, 0.6) is 0 Å². The standard InChI is InChI=1S/C16H31N3O2/c1-14(12-19-9-3-2-4-10-19)11-18-16(20)13-21-15-5-7-17-8-6-15/h14-15,17H,2-13H2,1H3,(H,18,20). The van der Waals surface area contributed by atoms with Gasteiger partial charge in [0.1, 0.15) is 6.61 Å². The molecule has 2 saturated heterocycles. The molecule has 0 aromatic carbocycles. The summed E-state index contributed by atoms with van der Waals surface area (Å²) in [6.45, 7) is 8.70. The van der Waals surface area contributed by atoms with Crippen molar-refractivity contribution in [3.05, 3.63) is 0 Å². The van der Waals surface area contributed by atoms with Gasteiger partial charge in [-0.1, -0.05) is 13.3 Å². The number of piperidine rings is 2. The Hall–Kier alpha value is -0.650. The lowest BCUT2D eigenvalue weighted by Crippen LogP contribution is -2.40. The van der Waals surface area contributed by atoms with Gasteiger partial charge in [0.25, 0.3) is 0 Å². The Morgan fingerprint density at radius 2 is 2.00 bits per heavy atom. The smallest absolute Gasteiger partial charge is 0.246 e. The summed E-state index contributed by atoms with van der Waals surface area (Å²) >= 11 is 0. The third kappa shape index (κ3) is 6.76. The number of nitrogens with one attached hydrogen (secondary N) is 2. The Kier molecular flexibility index (Phi) is 7.47. The van der Waals surface area contributed by atoms with Crippen LogP contribution >= 0.6 is 0 Å². The first-order valence-corrected chi connectivity index (χ1v) is 8.55. The number of carbonyl (C=O) groups excluding carboxylic acids is 1. The molecule has 0 radical (unpaired) electrons. The molecular weight excluding hydrogens is 266 g/mol. The first-order valence-electron chi connectivity index (χ1n) is 8.55. The molecule has 2 aliphatic rings. The van der Waals surface area contributed by atoms with E-state index in [1.807, 2.05) is 0 Å². The predicted molar refractivity (Wildman–Crippen MR) is 84.3 cm³/mol. The molecule has 1 atom stereocenters. The molecule has 2 fully saturated rings. The molecule has 2 rings (SSSR count). The third-order valence-corrected chi connectivity index (χ3v) is 4.40. The first kappa shape index (κ1) is 16.7. The average molecular weight is 297 g/mol. The van der Waals surface area contributed by atoms with Gasteiger partial charge in [0.05, 0.1) is 6.10 Å². The molecule has 2 aliphatic heterocycles. The van der Waals surface area contributed by atoms with Crippen molar-refractivity contribution in [3.63, 3.8) is 0 Å². The molecule has 1 unspecified atom stereocenters. The van der Waals surface area contributed by atoms with E-state index >= 15 is 0 Å². The van der Waals surface area contributed by atoms with Gasteiger partial charge < -0.3 is 20.3 Å². The maximum absolute atomic E-state index is 11.8. The summed E-state index contributed by atoms with van der Waals surface area (Å²) in [4.78, 5) is 14.3. The van der Waals surface area contributed by atoms with Gasteiger partial charge in [-0.05, 0) is 57.8 Å². The summed E-state index contributed by atoms with van der Waals surface area (Å²) in [5.74, 6) is 0.532. The Morgan fingerprint density at radius 3 is 2.71 bits per heavy atom. The first-order chi connectivity index (χ1) is 10.2. The maximum Gasteiger partial charge on any atom is 0.246 e. The van der Waals surface area contributed by atoms with Crippen LogP contribution in [0.4, 0.5) is 0 Å². The van der Waals surface area contributed by atoms with Crippen molar-refractivity contribution in [3.8, 4) is 0 Å². The van der Waals surface area contributed by atoms with Crippen molar-refractivity contribution in [2.45, 2.75) is 45.1 Å². The van der Waals surface area contributed by atoms with Gasteiger partial charge in [0, 0.05) is 13.1 Å². The van der Waals surface area contributed by atoms with E-state index in [1.54, 1.807) is 0 Å². The summed E-state index contributed by atoms with van der Waals surface area (Å²) in [5, 5.41) is 6.30. The van der Waals surface area contributed by atoms with Crippen molar-refractivity contribution in [2.75, 3.05) is 45.9 Å². The normalized spacial score (nSPS) is 22.9. The van der Waals surface area contributed by atoms with Crippen LogP contribution < -0.4 is 10.6 Å². The van der Waals surface area contributed by atoms with E-state index in [1.165, 1.54) is 32.4 Å². The van der Waals surface area contributed by atoms with Crippen LogP contribution in [-0.2, 0) is 9.53 Å². The second-order valence-electron chi connectivity index (χ2n) is 6.53. The van der Waals surface area contributed by atoms with Crippen LogP contribution in [-0.4, -0.2) is 62.8 Å². The lowest BCUT2D eigenvalue weighted by Gasteiger charge is -2.29. The second-order valence-corrected chi connectivity index (χ2v) is 6.53. The number of ether oxygens (including phenoxy) is 1. The molecule has 1 amide bonds. The van der Waals surface area contributed by atoms with E-state index in [0.29, 0.717) is 5.92 Å². The van der Waals surface area contributed by atoms with E-state index in [2.05, 4.69) is 22.5 Å². The minimum atomic E-state index is 0.0269. The number of carbonyl (C=O) groups is 1. The molecule has 0 aromatic heterocycles. The van der Waals surface area contributed by atoms with Crippen molar-refractivity contribution < 1.29 is 9.53 Å². The molecule has 0 bridgehead atoms. The Labute approximate surface area is 128 Å². The van der Waals surface area contributed by atoms with Crippen LogP contribution in [0.2, 0.25) is 0 Å². The van der Waals surface area contributed by atoms with Crippen molar-refractivity contribution >= 4 is 5.91 Å². The number of amides is 1. The number of hydrogen-bond donors (Lipinski definition) is 2. The van der Waals surface area contributed by atoms with Crippen LogP contribution in [0.3, 0.4) is 0 Å². The molecular formula is C16H31N3O2. The zero-order valence-corrected chi connectivity index (χ0v) is 13.4. The highest BCUT2D eigenvalue weighted by atomic mass is 16.5. The highest BCUT2D eigenvalue weighted by Crippen LogP contribution is 2.10. The van der Waals surface area contributed by atoms with Gasteiger partial charge in [-0.3, -0.25) is 4.79 Å². The quantitative estimate of drug-likeness (QED) is 0.736. The lowest BCUT2D eigenvalue weighted by molar-refractivity contribution is -0.128. The van der Waals surface area contributed by atoms with E-state index in [0.717, 1.165) is 39.0 Å². The van der Waals surface area contributed by atoms with Crippen LogP contribution in [0, 0.1) is 5.92 Å². The van der Waals surface area contributed by atoms with Gasteiger partial charge >= 0.3 is 0 Å². The van der Waals surface area contributed by atoms with E-state index < -0.39 is 0 Å². The fraction of sp³-hybridized carbons (Fsp3) is 0.938. The fourth-order valence-electron chi connectivity index (χ4n) is 3.14. The minimum absolute atomic E-state index is 0.0269. The second kappa shape index (κ2) is 9.38. The zero-order chi connectivity index (χ0) is 14.9. The van der Waals surface area contributed by atoms with Crippen LogP contribution in [0.1, 0.15) is 39.0 Å². The van der Waals surface area contributed by atoms with Gasteiger partial charge in [-0.25, -0.2) is 0 Å². The number of rotatable bonds is 7. The van der Waals surface area contributed by atoms with Crippen LogP contribution in [0.25, 0.3) is 0 Å². The topological polar surface area (TPSA) is 53.6 Å². The molecule has 21 heavy (non-hydrogen) atoms. The molecule has 122 valence electrons. The van der Waals surface area contributed by atoms with Gasteiger partial charge in [0.2, 0.25) is 5.91 Å². The highest BCUT2D eigenvalue weighted by molar-refractivity contribution is 5.77. The summed E-state index contributed by atoms with van der Waals surface area (Å²) in [6.07, 6.45) is 6.29. The van der Waals surface area contributed by atoms with Crippen LogP contribution in [0.15, 0.2) is 0 Å². The summed E-state index contributed by atoms with van der Waals surface area (Å²) in [7, 11) is 0. The number of hydrogen-bond acceptors (Lipinski definition) is 4. The van der Waals surface area contributed by atoms with E-state index in [-0.39, 0.29) is 18.6 Å². The van der Waals surface area contributed by atoms with Gasteiger partial charge in [0.15, 0.2) is 0 Å². The molecule has 2 N–H and O–H groups in total. The average Bonchev–Trinajstić information content (AvgIpc) is 2.53. The molecule has 5 nitrogen and oxygen atoms in total. The predicted octanol–water partition coefficient (Wildman–Crippen LogP) is 0.993. The highest BCUT2D eigenvalue weighted by Gasteiger charge is 2.16. The van der Waals surface area contributed by atoms with Gasteiger partial charge in [-0.15, -0.1) is 0 Å². The molecule has 2 heterocycles. The molecule has 0 spiro atoms. The molecule has 0 saturated carbocycles. The monoisotopic (exact) mass is 297 g/mol. The SMILES string of the molecule is CC(CNC(=O)COC1CCNCC1)CN1CCCCC1. The number of likely N-dealkylation sites (tertiary alicyclic amines) is 1. The minimum Gasteiger partial charge on any atom is -0.368 e. The third-order valence-electron chi connectivity index (χ3n) is 4.40. The van der Waals surface area contributed by atoms with Gasteiger partial charge in [-0.2, -0.15) is 0 Å². The summed E-state index contributed by atoms with van der Waals surface area (Å²) in [5.41, 5.74) is 0. The molecule has 5 heteroatoms. The Bertz CT molecular complexity index is 300. The zero-order valence-electron chi connectivity index (χ0n) is 13.4. The lowest BCUT2D eigenvalue weighted by atomic mass is 10.1. The maximum atomic E-state index is 11.8. The van der Waals surface area contributed by atoms with E-state index in [4.69, 9.17) is 4.74 Å². The van der Waals surface area contributed by atoms with Crippen molar-refractivity contribution in [2.24, 2.45) is 5.92 Å². The Morgan fingerprint density at radius 1 is 1.29 bits per heavy atom. The largest absolute Gasteiger partial charge is 0.368 e. The summed E-state index contributed by atoms with van der Waals surface area (Å²) < 4.78 is 5.66. The van der Waals surface area contributed by atoms with Crippen molar-refractivity contribution in [1.29, 1.82) is 0 Å². The van der Waals surface area contributed by atoms with E-state index in [9.17, 15) is 4.79 Å². The fourth-order valence-corrected chi connectivity index (χ4v) is 3.14. The molecule has 0 aromatic rings. The molecule has 0 aliphatic carbocycles. The van der Waals surface area contributed by atoms with Crippen molar-refractivity contribution in [1.82, 2.24) is 15.5 Å².